The molecule has 2 aromatic rings. The summed E-state index contributed by atoms with van der Waals surface area (Å²) < 4.78 is 1.15. The molecule has 20 heavy (non-hydrogen) atoms. The van der Waals surface area contributed by atoms with Crippen molar-refractivity contribution in [1.82, 2.24) is 9.99 Å². The first kappa shape index (κ1) is 13.7. The van der Waals surface area contributed by atoms with E-state index in [0.29, 0.717) is 11.1 Å². The molecule has 2 rings (SSSR count). The first-order valence-electron chi connectivity index (χ1n) is 5.95. The number of nitrogens with zero attached hydrogens (tertiary/aromatic N) is 2. The summed E-state index contributed by atoms with van der Waals surface area (Å²) in [7, 11) is 0. The van der Waals surface area contributed by atoms with Crippen LogP contribution in [-0.2, 0) is 16.0 Å². The molecule has 0 saturated heterocycles. The van der Waals surface area contributed by atoms with E-state index in [-0.39, 0.29) is 6.42 Å². The van der Waals surface area contributed by atoms with E-state index in [1.807, 2.05) is 0 Å². The zero-order valence-corrected chi connectivity index (χ0v) is 10.7. The molecule has 1 amide bonds. The number of hydrogen-bond donors (Lipinski definition) is 2. The van der Waals surface area contributed by atoms with Gasteiger partial charge in [-0.15, -0.1) is 4.91 Å². The summed E-state index contributed by atoms with van der Waals surface area (Å²) in [5, 5.41) is 15.1. The Bertz CT molecular complexity index is 677. The number of para-hydroxylation sites is 1. The lowest BCUT2D eigenvalue weighted by molar-refractivity contribution is -0.141. The predicted molar refractivity (Wildman–Crippen MR) is 72.1 cm³/mol. The molecular weight excluding hydrogens is 262 g/mol. The molecule has 0 fully saturated rings. The number of fused-ring (bicyclic) bond motifs is 1. The minimum atomic E-state index is -1.13. The van der Waals surface area contributed by atoms with Crippen LogP contribution in [0.3, 0.4) is 0 Å². The molecule has 0 radical (unpaired) electrons. The quantitative estimate of drug-likeness (QED) is 0.803. The number of nitroso groups, excluding NO2 is 1. The third kappa shape index (κ3) is 2.66. The molecule has 0 saturated carbocycles. The second-order valence-corrected chi connectivity index (χ2v) is 4.39. The summed E-state index contributed by atoms with van der Waals surface area (Å²) in [5.74, 6) is -1.55. The Balaban J connectivity index is 2.39. The number of carbonyl (C=O) groups is 2. The largest absolute Gasteiger partial charge is 0.480 e. The molecule has 0 unspecified atom stereocenters. The predicted octanol–water partition coefficient (Wildman–Crippen LogP) is 1.30. The minimum Gasteiger partial charge on any atom is -0.480 e. The van der Waals surface area contributed by atoms with Crippen molar-refractivity contribution in [2.45, 2.75) is 19.4 Å². The first-order valence-corrected chi connectivity index (χ1v) is 5.95. The number of nitrogens with one attached hydrogen (secondary N) is 1. The summed E-state index contributed by atoms with van der Waals surface area (Å²) in [6, 6.07) is 6.00. The summed E-state index contributed by atoms with van der Waals surface area (Å²) in [6.07, 6.45) is 1.56. The highest BCUT2D eigenvalue weighted by atomic mass is 16.4. The van der Waals surface area contributed by atoms with E-state index in [2.05, 4.69) is 10.6 Å². The number of aromatic nitrogens is 1. The summed E-state index contributed by atoms with van der Waals surface area (Å²) >= 11 is 0. The van der Waals surface area contributed by atoms with Gasteiger partial charge in [0.25, 0.3) is 0 Å². The van der Waals surface area contributed by atoms with Crippen LogP contribution in [-0.4, -0.2) is 27.7 Å². The van der Waals surface area contributed by atoms with Crippen LogP contribution >= 0.6 is 0 Å². The Hall–Kier alpha value is -2.70. The van der Waals surface area contributed by atoms with Crippen LogP contribution in [0.4, 0.5) is 0 Å². The zero-order valence-electron chi connectivity index (χ0n) is 10.7. The molecule has 0 aliphatic rings. The number of benzene rings is 1. The topological polar surface area (TPSA) is 101 Å². The van der Waals surface area contributed by atoms with Crippen molar-refractivity contribution in [3.63, 3.8) is 0 Å². The fraction of sp³-hybridized carbons (Fsp3) is 0.231. The lowest BCUT2D eigenvalue weighted by Crippen LogP contribution is -2.41. The van der Waals surface area contributed by atoms with Gasteiger partial charge < -0.3 is 10.4 Å². The van der Waals surface area contributed by atoms with E-state index in [4.69, 9.17) is 5.11 Å². The number of carboxylic acid groups (broad SMARTS) is 1. The van der Waals surface area contributed by atoms with Crippen molar-refractivity contribution in [3.8, 4) is 0 Å². The Morgan fingerprint density at radius 3 is 2.70 bits per heavy atom. The Morgan fingerprint density at radius 2 is 2.10 bits per heavy atom. The Labute approximate surface area is 114 Å². The maximum Gasteiger partial charge on any atom is 0.326 e. The van der Waals surface area contributed by atoms with Gasteiger partial charge in [-0.3, -0.25) is 4.79 Å². The van der Waals surface area contributed by atoms with Crippen molar-refractivity contribution in [1.29, 1.82) is 0 Å². The van der Waals surface area contributed by atoms with Gasteiger partial charge in [0.1, 0.15) is 6.04 Å². The second-order valence-electron chi connectivity index (χ2n) is 4.39. The molecule has 7 heteroatoms. The summed E-state index contributed by atoms with van der Waals surface area (Å²) in [4.78, 5) is 32.9. The molecule has 0 bridgehead atoms. The van der Waals surface area contributed by atoms with Crippen LogP contribution in [0.5, 0.6) is 0 Å². The van der Waals surface area contributed by atoms with Crippen molar-refractivity contribution in [2.24, 2.45) is 5.29 Å². The Kier molecular flexibility index (Phi) is 3.79. The number of carbonyl (C=O) groups excluding carboxylic acids is 1. The van der Waals surface area contributed by atoms with Crippen molar-refractivity contribution in [2.75, 3.05) is 0 Å². The highest BCUT2D eigenvalue weighted by molar-refractivity contribution is 5.86. The molecule has 104 valence electrons. The first-order chi connectivity index (χ1) is 9.52. The molecule has 7 nitrogen and oxygen atoms in total. The van der Waals surface area contributed by atoms with Gasteiger partial charge in [0.05, 0.1) is 10.8 Å². The Morgan fingerprint density at radius 1 is 1.40 bits per heavy atom. The van der Waals surface area contributed by atoms with Gasteiger partial charge in [-0.2, -0.15) is 0 Å². The van der Waals surface area contributed by atoms with Gasteiger partial charge in [-0.05, 0) is 11.6 Å². The highest BCUT2D eigenvalue weighted by Gasteiger charge is 2.21. The molecular formula is C13H13N3O4. The summed E-state index contributed by atoms with van der Waals surface area (Å²) in [5.41, 5.74) is 1.24. The van der Waals surface area contributed by atoms with E-state index in [1.165, 1.54) is 13.1 Å². The zero-order chi connectivity index (χ0) is 14.7. The molecule has 0 spiro atoms. The monoisotopic (exact) mass is 275 g/mol. The molecule has 2 N–H and O–H groups in total. The lowest BCUT2D eigenvalue weighted by atomic mass is 10.1. The standard InChI is InChI=1S/C13H13N3O4/c1-8(17)14-11(13(18)19)6-9-7-16(15-20)12-5-3-2-4-10(9)12/h2-5,7,11H,6H2,1H3,(H,14,17)(H,18,19)/t11-/m0/s1. The number of carboxylic acids is 1. The van der Waals surface area contributed by atoms with Gasteiger partial charge in [0.2, 0.25) is 5.91 Å². The highest BCUT2D eigenvalue weighted by Crippen LogP contribution is 2.22. The van der Waals surface area contributed by atoms with E-state index >= 15 is 0 Å². The van der Waals surface area contributed by atoms with Crippen molar-refractivity contribution < 1.29 is 14.7 Å². The average molecular weight is 275 g/mol. The van der Waals surface area contributed by atoms with Gasteiger partial charge >= 0.3 is 5.97 Å². The van der Waals surface area contributed by atoms with E-state index in [9.17, 15) is 14.5 Å². The average Bonchev–Trinajstić information content (AvgIpc) is 2.76. The SMILES string of the molecule is CC(=O)N[C@@H](Cc1cn(N=O)c2ccccc12)C(=O)O. The van der Waals surface area contributed by atoms with Crippen molar-refractivity contribution in [3.05, 3.63) is 40.9 Å². The van der Waals surface area contributed by atoms with Gasteiger partial charge in [-0.1, -0.05) is 18.2 Å². The second kappa shape index (κ2) is 5.52. The third-order valence-corrected chi connectivity index (χ3v) is 2.96. The van der Waals surface area contributed by atoms with Crippen LogP contribution < -0.4 is 5.32 Å². The molecule has 0 aliphatic carbocycles. The van der Waals surface area contributed by atoms with Crippen LogP contribution in [0.15, 0.2) is 35.7 Å². The maximum absolute atomic E-state index is 11.1. The van der Waals surface area contributed by atoms with Gasteiger partial charge in [0.15, 0.2) is 0 Å². The molecule has 1 atom stereocenters. The summed E-state index contributed by atoms with van der Waals surface area (Å²) in [6.45, 7) is 1.26. The third-order valence-electron chi connectivity index (χ3n) is 2.96. The smallest absolute Gasteiger partial charge is 0.326 e. The van der Waals surface area contributed by atoms with Crippen LogP contribution in [0, 0.1) is 4.91 Å². The van der Waals surface area contributed by atoms with Crippen LogP contribution in [0.25, 0.3) is 10.9 Å². The lowest BCUT2D eigenvalue weighted by Gasteiger charge is -2.12. The van der Waals surface area contributed by atoms with Gasteiger partial charge in [0, 0.05) is 24.9 Å². The number of hydrogen-bond acceptors (Lipinski definition) is 4. The van der Waals surface area contributed by atoms with E-state index in [1.54, 1.807) is 24.3 Å². The number of amides is 1. The fourth-order valence-electron chi connectivity index (χ4n) is 2.13. The maximum atomic E-state index is 11.1. The van der Waals surface area contributed by atoms with Gasteiger partial charge in [-0.25, -0.2) is 9.47 Å². The fourth-order valence-corrected chi connectivity index (χ4v) is 2.13. The normalized spacial score (nSPS) is 12.1. The molecule has 0 aliphatic heterocycles. The van der Waals surface area contributed by atoms with E-state index in [0.717, 1.165) is 10.1 Å². The molecule has 1 heterocycles. The molecule has 1 aromatic carbocycles. The number of aliphatic carboxylic acids is 1. The van der Waals surface area contributed by atoms with Crippen LogP contribution in [0.2, 0.25) is 0 Å². The number of rotatable bonds is 5. The minimum absolute atomic E-state index is 0.0813. The van der Waals surface area contributed by atoms with Crippen LogP contribution in [0.1, 0.15) is 12.5 Å². The van der Waals surface area contributed by atoms with E-state index < -0.39 is 17.9 Å². The molecule has 1 aromatic heterocycles. The van der Waals surface area contributed by atoms with Crippen molar-refractivity contribution >= 4 is 22.8 Å².